The van der Waals surface area contributed by atoms with Gasteiger partial charge in [-0.25, -0.2) is 4.79 Å². The smallest absolute Gasteiger partial charge is 0.411 e. The third-order valence-electron chi connectivity index (χ3n) is 6.00. The highest BCUT2D eigenvalue weighted by molar-refractivity contribution is 6.03. The fourth-order valence-corrected chi connectivity index (χ4v) is 3.97. The number of likely N-dealkylation sites (tertiary alicyclic amines) is 1. The van der Waals surface area contributed by atoms with Crippen molar-refractivity contribution in [3.63, 3.8) is 0 Å². The Morgan fingerprint density at radius 1 is 1.14 bits per heavy atom. The Hall–Kier alpha value is -3.27. The van der Waals surface area contributed by atoms with Gasteiger partial charge in [0, 0.05) is 19.0 Å². The predicted octanol–water partition coefficient (Wildman–Crippen LogP) is 4.31. The number of hydrogen-bond donors (Lipinski definition) is 2. The Morgan fingerprint density at radius 2 is 1.95 bits per heavy atom. The highest BCUT2D eigenvalue weighted by Crippen LogP contribution is 2.35. The third-order valence-corrected chi connectivity index (χ3v) is 6.00. The number of nitrogens with zero attached hydrogens (tertiary/aromatic N) is 1. The van der Waals surface area contributed by atoms with Gasteiger partial charge in [0.25, 0.3) is 5.91 Å². The van der Waals surface area contributed by atoms with Crippen molar-refractivity contribution < 1.29 is 38.4 Å². The van der Waals surface area contributed by atoms with Crippen LogP contribution in [0.1, 0.15) is 68.6 Å². The first-order valence-electron chi connectivity index (χ1n) is 12.9. The van der Waals surface area contributed by atoms with E-state index in [9.17, 15) is 19.5 Å². The first kappa shape index (κ1) is 30.0. The average molecular weight is 521 g/mol. The lowest BCUT2D eigenvalue weighted by molar-refractivity contribution is -0.143. The van der Waals surface area contributed by atoms with Crippen molar-refractivity contribution in [2.75, 3.05) is 45.4 Å². The van der Waals surface area contributed by atoms with Crippen LogP contribution in [0, 0.1) is 0 Å². The number of aliphatic hydroxyl groups excluding tert-OH is 1. The van der Waals surface area contributed by atoms with Gasteiger partial charge in [0.1, 0.15) is 6.61 Å². The van der Waals surface area contributed by atoms with Crippen LogP contribution < -0.4 is 14.8 Å². The fraction of sp³-hybridized carbons (Fsp3) is 0.593. The zero-order chi connectivity index (χ0) is 27.0. The molecule has 2 N–H and O–H groups in total. The normalized spacial score (nSPS) is 14.7. The number of methoxy groups -OCH3 is 1. The Kier molecular flexibility index (Phi) is 13.3. The molecule has 206 valence electrons. The van der Waals surface area contributed by atoms with Crippen LogP contribution in [0.15, 0.2) is 24.8 Å². The molecular weight excluding hydrogens is 480 g/mol. The molecule has 1 aromatic carbocycles. The molecule has 0 saturated carbocycles. The van der Waals surface area contributed by atoms with Gasteiger partial charge in [0.05, 0.1) is 44.2 Å². The molecule has 1 fully saturated rings. The Bertz CT molecular complexity index is 905. The van der Waals surface area contributed by atoms with Crippen LogP contribution in [0.5, 0.6) is 11.5 Å². The molecule has 37 heavy (non-hydrogen) atoms. The maximum Gasteiger partial charge on any atom is 0.411 e. The summed E-state index contributed by atoms with van der Waals surface area (Å²) in [6, 6.07) is 2.79. The number of carbonyl (C=O) groups is 3. The molecule has 0 aromatic heterocycles. The number of esters is 1. The van der Waals surface area contributed by atoms with E-state index < -0.39 is 6.09 Å². The van der Waals surface area contributed by atoms with Crippen LogP contribution in [0.2, 0.25) is 0 Å². The Labute approximate surface area is 218 Å². The second kappa shape index (κ2) is 16.5. The van der Waals surface area contributed by atoms with Crippen LogP contribution in [0.3, 0.4) is 0 Å². The number of amides is 2. The summed E-state index contributed by atoms with van der Waals surface area (Å²) in [5, 5.41) is 12.3. The van der Waals surface area contributed by atoms with Crippen molar-refractivity contribution in [2.45, 2.75) is 64.3 Å². The summed E-state index contributed by atoms with van der Waals surface area (Å²) in [5.41, 5.74) is 0.426. The van der Waals surface area contributed by atoms with Gasteiger partial charge < -0.3 is 29.0 Å². The van der Waals surface area contributed by atoms with E-state index in [1.807, 2.05) is 6.92 Å². The third kappa shape index (κ3) is 9.60. The highest BCUT2D eigenvalue weighted by Gasteiger charge is 2.31. The quantitative estimate of drug-likeness (QED) is 0.188. The van der Waals surface area contributed by atoms with Crippen molar-refractivity contribution in [3.8, 4) is 11.5 Å². The molecule has 0 bridgehead atoms. The minimum absolute atomic E-state index is 0.0134. The van der Waals surface area contributed by atoms with E-state index in [2.05, 4.69) is 11.9 Å². The molecule has 1 atom stereocenters. The molecule has 1 aliphatic heterocycles. The molecule has 10 heteroatoms. The Morgan fingerprint density at radius 3 is 2.65 bits per heavy atom. The number of carbonyl (C=O) groups excluding carboxylic acids is 3. The molecule has 2 amide bonds. The minimum atomic E-state index is -0.740. The van der Waals surface area contributed by atoms with Gasteiger partial charge in [0.15, 0.2) is 11.5 Å². The molecule has 1 aliphatic rings. The molecule has 0 aliphatic carbocycles. The first-order chi connectivity index (χ1) is 17.9. The van der Waals surface area contributed by atoms with Crippen LogP contribution in [0.4, 0.5) is 10.5 Å². The van der Waals surface area contributed by atoms with Gasteiger partial charge in [-0.3, -0.25) is 14.9 Å². The van der Waals surface area contributed by atoms with E-state index in [4.69, 9.17) is 18.9 Å². The van der Waals surface area contributed by atoms with Gasteiger partial charge in [-0.05, 0) is 44.6 Å². The second-order valence-corrected chi connectivity index (χ2v) is 8.77. The summed E-state index contributed by atoms with van der Waals surface area (Å²) >= 11 is 0. The highest BCUT2D eigenvalue weighted by atomic mass is 16.5. The molecule has 1 aromatic rings. The minimum Gasteiger partial charge on any atom is -0.493 e. The summed E-state index contributed by atoms with van der Waals surface area (Å²) < 4.78 is 21.6. The van der Waals surface area contributed by atoms with E-state index >= 15 is 0 Å². The topological polar surface area (TPSA) is 124 Å². The van der Waals surface area contributed by atoms with Gasteiger partial charge in [0.2, 0.25) is 0 Å². The van der Waals surface area contributed by atoms with Crippen molar-refractivity contribution in [3.05, 3.63) is 30.4 Å². The van der Waals surface area contributed by atoms with Crippen molar-refractivity contribution in [1.29, 1.82) is 0 Å². The largest absolute Gasteiger partial charge is 0.493 e. The summed E-state index contributed by atoms with van der Waals surface area (Å²) in [6.07, 6.45) is 6.59. The molecule has 1 saturated heterocycles. The molecular formula is C27H40N2O8. The van der Waals surface area contributed by atoms with Crippen molar-refractivity contribution >= 4 is 23.7 Å². The maximum atomic E-state index is 13.4. The number of ether oxygens (including phenoxy) is 4. The number of nitrogens with one attached hydrogen (secondary N) is 1. The first-order valence-corrected chi connectivity index (χ1v) is 12.9. The van der Waals surface area contributed by atoms with Crippen LogP contribution in [0.25, 0.3) is 0 Å². The lowest BCUT2D eigenvalue weighted by Gasteiger charge is -2.25. The van der Waals surface area contributed by atoms with Crippen LogP contribution in [-0.2, 0) is 14.3 Å². The van der Waals surface area contributed by atoms with Gasteiger partial charge in [-0.2, -0.15) is 0 Å². The van der Waals surface area contributed by atoms with Crippen molar-refractivity contribution in [1.82, 2.24) is 4.90 Å². The monoisotopic (exact) mass is 520 g/mol. The standard InChI is InChI=1S/C27H40N2O8/c1-4-6-15-36-25(31)12-8-7-9-16-35-24-18-22(28-27(33)37-14-5-2)21(17-23(24)34-3)26(32)29-13-10-11-20(29)19-30/h5,17-18,20,30H,2,4,6-16,19H2,1,3H3,(H,28,33)/t20-/m0/s1. The van der Waals surface area contributed by atoms with Gasteiger partial charge >= 0.3 is 12.1 Å². The Balaban J connectivity index is 2.07. The summed E-state index contributed by atoms with van der Waals surface area (Å²) in [7, 11) is 1.47. The van der Waals surface area contributed by atoms with Gasteiger partial charge in [-0.15, -0.1) is 0 Å². The lowest BCUT2D eigenvalue weighted by atomic mass is 10.1. The number of anilines is 1. The van der Waals surface area contributed by atoms with E-state index in [0.29, 0.717) is 56.9 Å². The summed E-state index contributed by atoms with van der Waals surface area (Å²) in [6.45, 7) is 6.78. The lowest BCUT2D eigenvalue weighted by Crippen LogP contribution is -2.38. The SMILES string of the molecule is C=CCOC(=O)Nc1cc(OCCCCCC(=O)OCCCC)c(OC)cc1C(=O)N1CCC[C@H]1CO. The zero-order valence-electron chi connectivity index (χ0n) is 22.0. The number of unbranched alkanes of at least 4 members (excludes halogenated alkanes) is 3. The van der Waals surface area contributed by atoms with E-state index in [0.717, 1.165) is 25.7 Å². The molecule has 2 rings (SSSR count). The van der Waals surface area contributed by atoms with Crippen LogP contribution >= 0.6 is 0 Å². The number of aliphatic hydroxyl groups is 1. The molecule has 10 nitrogen and oxygen atoms in total. The molecule has 0 spiro atoms. The van der Waals surface area contributed by atoms with E-state index in [1.54, 1.807) is 4.90 Å². The fourth-order valence-electron chi connectivity index (χ4n) is 3.97. The predicted molar refractivity (Wildman–Crippen MR) is 139 cm³/mol. The second-order valence-electron chi connectivity index (χ2n) is 8.77. The van der Waals surface area contributed by atoms with Crippen LogP contribution in [-0.4, -0.2) is 74.1 Å². The maximum absolute atomic E-state index is 13.4. The zero-order valence-corrected chi connectivity index (χ0v) is 22.0. The van der Waals surface area contributed by atoms with Crippen molar-refractivity contribution in [2.24, 2.45) is 0 Å². The number of benzene rings is 1. The summed E-state index contributed by atoms with van der Waals surface area (Å²) in [5.74, 6) is 0.188. The molecule has 1 heterocycles. The average Bonchev–Trinajstić information content (AvgIpc) is 3.38. The van der Waals surface area contributed by atoms with E-state index in [1.165, 1.54) is 25.3 Å². The summed E-state index contributed by atoms with van der Waals surface area (Å²) in [4.78, 5) is 38.9. The number of rotatable bonds is 16. The number of hydrogen-bond acceptors (Lipinski definition) is 8. The van der Waals surface area contributed by atoms with Gasteiger partial charge in [-0.1, -0.05) is 26.0 Å². The molecule has 0 radical (unpaired) electrons. The van der Waals surface area contributed by atoms with E-state index in [-0.39, 0.29) is 42.4 Å². The molecule has 0 unspecified atom stereocenters.